The van der Waals surface area contributed by atoms with E-state index in [1.807, 2.05) is 11.0 Å². The van der Waals surface area contributed by atoms with E-state index in [1.165, 1.54) is 11.0 Å². The molecule has 12 heteroatoms. The maximum absolute atomic E-state index is 14.2. The van der Waals surface area contributed by atoms with Gasteiger partial charge in [0.15, 0.2) is 0 Å². The number of hydrogen-bond donors (Lipinski definition) is 1. The van der Waals surface area contributed by atoms with E-state index in [2.05, 4.69) is 0 Å². The maximum atomic E-state index is 14.2. The van der Waals surface area contributed by atoms with Crippen LogP contribution in [0.2, 0.25) is 0 Å². The lowest BCUT2D eigenvalue weighted by Gasteiger charge is -2.32. The lowest BCUT2D eigenvalue weighted by molar-refractivity contribution is -0.163. The second-order valence-corrected chi connectivity index (χ2v) is 10.6. The summed E-state index contributed by atoms with van der Waals surface area (Å²) in [6.07, 6.45) is -4.02. The van der Waals surface area contributed by atoms with Crippen molar-refractivity contribution >= 4 is 35.4 Å². The Balaban J connectivity index is 1.66. The number of aliphatic carboxylic acids is 1. The third kappa shape index (κ3) is 7.01. The first kappa shape index (κ1) is 29.6. The number of piperidine rings is 1. The highest BCUT2D eigenvalue weighted by atomic mass is 32.2. The van der Waals surface area contributed by atoms with Crippen molar-refractivity contribution in [3.63, 3.8) is 0 Å². The molecule has 1 N–H and O–H groups in total. The van der Waals surface area contributed by atoms with Crippen molar-refractivity contribution in [2.75, 3.05) is 31.1 Å². The summed E-state index contributed by atoms with van der Waals surface area (Å²) in [4.78, 5) is 26.6. The molecule has 0 aliphatic carbocycles. The number of halogens is 6. The van der Waals surface area contributed by atoms with E-state index in [4.69, 9.17) is 0 Å². The zero-order chi connectivity index (χ0) is 29.1. The van der Waals surface area contributed by atoms with Crippen molar-refractivity contribution in [1.82, 2.24) is 4.90 Å². The normalized spacial score (nSPS) is 17.1. The van der Waals surface area contributed by atoms with Crippen LogP contribution in [0.5, 0.6) is 0 Å². The molecule has 1 saturated heterocycles. The van der Waals surface area contributed by atoms with Crippen molar-refractivity contribution in [3.8, 4) is 0 Å². The van der Waals surface area contributed by atoms with Gasteiger partial charge in [-0.25, -0.2) is 0 Å². The molecule has 0 unspecified atom stereocenters. The molecule has 4 rings (SSSR count). The van der Waals surface area contributed by atoms with Crippen LogP contribution < -0.4 is 4.90 Å². The number of carboxylic acids is 1. The molecule has 5 nitrogen and oxygen atoms in total. The minimum Gasteiger partial charge on any atom is -0.481 e. The second kappa shape index (κ2) is 12.0. The summed E-state index contributed by atoms with van der Waals surface area (Å²) in [6, 6.07) is 8.34. The van der Waals surface area contributed by atoms with Crippen LogP contribution in [0.25, 0.3) is 6.08 Å². The van der Waals surface area contributed by atoms with Gasteiger partial charge in [0.25, 0.3) is 0 Å². The zero-order valence-electron chi connectivity index (χ0n) is 21.1. The number of anilines is 1. The maximum Gasteiger partial charge on any atom is 0.418 e. The summed E-state index contributed by atoms with van der Waals surface area (Å²) in [5.74, 6) is -1.94. The molecule has 214 valence electrons. The van der Waals surface area contributed by atoms with Crippen LogP contribution in [0.3, 0.4) is 0 Å². The van der Waals surface area contributed by atoms with Crippen molar-refractivity contribution in [2.24, 2.45) is 5.92 Å². The number of carbonyl (C=O) groups excluding carboxylic acids is 1. The molecule has 2 aliphatic rings. The number of nitrogens with zero attached hydrogens (tertiary/aromatic N) is 2. The second-order valence-electron chi connectivity index (χ2n) is 9.48. The molecular formula is C28H26F6N2O3S. The summed E-state index contributed by atoms with van der Waals surface area (Å²) in [5.41, 5.74) is -3.77. The molecule has 2 aromatic rings. The molecule has 0 bridgehead atoms. The van der Waals surface area contributed by atoms with Gasteiger partial charge in [-0.1, -0.05) is 36.0 Å². The molecule has 0 aromatic heterocycles. The van der Waals surface area contributed by atoms with E-state index in [0.717, 1.165) is 24.3 Å². The Bertz CT molecular complexity index is 1310. The quantitative estimate of drug-likeness (QED) is 0.226. The van der Waals surface area contributed by atoms with Gasteiger partial charge in [0.1, 0.15) is 0 Å². The molecule has 40 heavy (non-hydrogen) atoms. The van der Waals surface area contributed by atoms with Gasteiger partial charge in [0.05, 0.1) is 17.0 Å². The third-order valence-corrected chi connectivity index (χ3v) is 7.85. The summed E-state index contributed by atoms with van der Waals surface area (Å²) in [6.45, 7) is 1.51. The van der Waals surface area contributed by atoms with E-state index in [1.54, 1.807) is 24.3 Å². The Morgan fingerprint density at radius 1 is 0.925 bits per heavy atom. The molecule has 0 radical (unpaired) electrons. The highest BCUT2D eigenvalue weighted by Crippen LogP contribution is 2.48. The molecule has 1 fully saturated rings. The number of rotatable bonds is 6. The predicted molar refractivity (Wildman–Crippen MR) is 139 cm³/mol. The summed E-state index contributed by atoms with van der Waals surface area (Å²) >= 11 is 0.563. The van der Waals surface area contributed by atoms with Crippen LogP contribution in [0.1, 0.15) is 36.0 Å². The predicted octanol–water partition coefficient (Wildman–Crippen LogP) is 6.98. The number of alkyl halides is 6. The Morgan fingerprint density at radius 3 is 2.23 bits per heavy atom. The molecule has 2 aliphatic heterocycles. The van der Waals surface area contributed by atoms with Gasteiger partial charge in [-0.05, 0) is 55.2 Å². The van der Waals surface area contributed by atoms with Crippen LogP contribution in [-0.4, -0.2) is 48.1 Å². The van der Waals surface area contributed by atoms with E-state index >= 15 is 0 Å². The van der Waals surface area contributed by atoms with Gasteiger partial charge < -0.3 is 14.9 Å². The minimum absolute atomic E-state index is 0.273. The van der Waals surface area contributed by atoms with Crippen LogP contribution >= 0.6 is 11.8 Å². The first-order valence-electron chi connectivity index (χ1n) is 12.5. The number of amides is 1. The van der Waals surface area contributed by atoms with Crippen molar-refractivity contribution in [3.05, 3.63) is 71.3 Å². The highest BCUT2D eigenvalue weighted by molar-refractivity contribution is 7.99. The van der Waals surface area contributed by atoms with E-state index in [9.17, 15) is 41.0 Å². The van der Waals surface area contributed by atoms with Gasteiger partial charge in [-0.15, -0.1) is 0 Å². The fraction of sp³-hybridized carbons (Fsp3) is 0.357. The van der Waals surface area contributed by atoms with Crippen LogP contribution in [0.15, 0.2) is 64.4 Å². The molecule has 2 heterocycles. The first-order chi connectivity index (χ1) is 18.8. The minimum atomic E-state index is -5.34. The monoisotopic (exact) mass is 584 g/mol. The van der Waals surface area contributed by atoms with Crippen molar-refractivity contribution in [2.45, 2.75) is 41.4 Å². The van der Waals surface area contributed by atoms with Crippen molar-refractivity contribution < 1.29 is 41.0 Å². The SMILES string of the molecule is O=C(O)C1CCN(c2cccc(Sc3ccc(/C=C/C(=O)N4CC=CCC4)c(C(F)(F)F)c3C(F)(F)F)c2)CC1. The van der Waals surface area contributed by atoms with Gasteiger partial charge in [0.2, 0.25) is 5.91 Å². The van der Waals surface area contributed by atoms with E-state index < -0.39 is 51.7 Å². The molecule has 2 aromatic carbocycles. The van der Waals surface area contributed by atoms with E-state index in [-0.39, 0.29) is 6.54 Å². The number of carbonyl (C=O) groups is 2. The van der Waals surface area contributed by atoms with Crippen LogP contribution in [0, 0.1) is 5.92 Å². The highest BCUT2D eigenvalue weighted by Gasteiger charge is 2.46. The van der Waals surface area contributed by atoms with Crippen LogP contribution in [0.4, 0.5) is 32.0 Å². The first-order valence-corrected chi connectivity index (χ1v) is 13.4. The summed E-state index contributed by atoms with van der Waals surface area (Å²) < 4.78 is 85.0. The Hall–Kier alpha value is -3.41. The standard InChI is InChI=1S/C28H26F6N2O3S/c29-27(30,31)24-18(8-10-23(37)36-13-2-1-3-14-36)7-9-22(25(24)28(32,33)34)40-21-6-4-5-20(17-21)35-15-11-19(12-16-35)26(38)39/h1-2,4-10,17,19H,3,11-16H2,(H,38,39)/b10-8+. The summed E-state index contributed by atoms with van der Waals surface area (Å²) in [7, 11) is 0. The van der Waals surface area contributed by atoms with Gasteiger partial charge in [0, 0.05) is 47.7 Å². The van der Waals surface area contributed by atoms with Gasteiger partial charge >= 0.3 is 18.3 Å². The molecule has 1 amide bonds. The number of hydrogen-bond acceptors (Lipinski definition) is 4. The summed E-state index contributed by atoms with van der Waals surface area (Å²) in [5, 5.41) is 9.20. The Kier molecular flexibility index (Phi) is 8.86. The Morgan fingerprint density at radius 2 is 1.62 bits per heavy atom. The third-order valence-electron chi connectivity index (χ3n) is 6.80. The fourth-order valence-corrected chi connectivity index (χ4v) is 5.81. The Labute approximate surface area is 231 Å². The number of benzene rings is 2. The fourth-order valence-electron chi connectivity index (χ4n) is 4.77. The molecule has 0 spiro atoms. The topological polar surface area (TPSA) is 60.9 Å². The van der Waals surface area contributed by atoms with Crippen LogP contribution in [-0.2, 0) is 21.9 Å². The zero-order valence-corrected chi connectivity index (χ0v) is 22.0. The number of carboxylic acid groups (broad SMARTS) is 1. The largest absolute Gasteiger partial charge is 0.481 e. The average molecular weight is 585 g/mol. The molecule has 0 saturated carbocycles. The molecular weight excluding hydrogens is 558 g/mol. The average Bonchev–Trinajstić information content (AvgIpc) is 2.91. The smallest absolute Gasteiger partial charge is 0.418 e. The van der Waals surface area contributed by atoms with Crippen molar-refractivity contribution in [1.29, 1.82) is 0 Å². The molecule has 0 atom stereocenters. The van der Waals surface area contributed by atoms with Gasteiger partial charge in [-0.2, -0.15) is 26.3 Å². The van der Waals surface area contributed by atoms with Gasteiger partial charge in [-0.3, -0.25) is 9.59 Å². The lowest BCUT2D eigenvalue weighted by atomic mass is 9.97. The van der Waals surface area contributed by atoms with E-state index in [0.29, 0.717) is 61.2 Å². The lowest BCUT2D eigenvalue weighted by Crippen LogP contribution is -2.36.